The van der Waals surface area contributed by atoms with Crippen molar-refractivity contribution in [2.45, 2.75) is 26.3 Å². The molecule has 0 heterocycles. The van der Waals surface area contributed by atoms with Crippen LogP contribution in [0.1, 0.15) is 31.0 Å². The molecule has 2 aromatic carbocycles. The minimum atomic E-state index is -0.245. The Morgan fingerprint density at radius 1 is 1.16 bits per heavy atom. The molecule has 0 bridgehead atoms. The van der Waals surface area contributed by atoms with Gasteiger partial charge >= 0.3 is 0 Å². The van der Waals surface area contributed by atoms with Gasteiger partial charge in [0.1, 0.15) is 5.82 Å². The molecule has 1 nitrogen and oxygen atoms in total. The maximum atomic E-state index is 13.2. The Labute approximate surface area is 122 Å². The number of hydrogen-bond acceptors (Lipinski definition) is 1. The van der Waals surface area contributed by atoms with Crippen LogP contribution in [0.15, 0.2) is 46.9 Å². The summed E-state index contributed by atoms with van der Waals surface area (Å²) in [6.45, 7) is 4.24. The van der Waals surface area contributed by atoms with Crippen LogP contribution in [0, 0.1) is 5.82 Å². The summed E-state index contributed by atoms with van der Waals surface area (Å²) in [6, 6.07) is 13.7. The van der Waals surface area contributed by atoms with Crippen LogP contribution >= 0.6 is 15.9 Å². The molecular formula is C16H17BrFN. The van der Waals surface area contributed by atoms with E-state index >= 15 is 0 Å². The standard InChI is InChI=1S/C16H17BrFN/c1-3-12-4-6-13(7-5-12)11(2)19-14-8-9-16(18)15(17)10-14/h4-11,19H,3H2,1-2H3. The molecule has 0 aliphatic rings. The van der Waals surface area contributed by atoms with Crippen molar-refractivity contribution in [3.8, 4) is 0 Å². The average molecular weight is 322 g/mol. The van der Waals surface area contributed by atoms with Gasteiger partial charge in [-0.3, -0.25) is 0 Å². The Morgan fingerprint density at radius 3 is 2.42 bits per heavy atom. The monoisotopic (exact) mass is 321 g/mol. The summed E-state index contributed by atoms with van der Waals surface area (Å²) in [5.41, 5.74) is 3.46. The molecule has 19 heavy (non-hydrogen) atoms. The van der Waals surface area contributed by atoms with Gasteiger partial charge in [-0.25, -0.2) is 4.39 Å². The largest absolute Gasteiger partial charge is 0.378 e. The van der Waals surface area contributed by atoms with Gasteiger partial charge in [0.25, 0.3) is 0 Å². The molecule has 2 aromatic rings. The molecule has 1 N–H and O–H groups in total. The zero-order valence-electron chi connectivity index (χ0n) is 11.1. The Morgan fingerprint density at radius 2 is 1.84 bits per heavy atom. The predicted octanol–water partition coefficient (Wildman–Crippen LogP) is 5.32. The molecule has 0 saturated carbocycles. The molecule has 0 saturated heterocycles. The van der Waals surface area contributed by atoms with Gasteiger partial charge in [-0.2, -0.15) is 0 Å². The van der Waals surface area contributed by atoms with Gasteiger partial charge in [0.2, 0.25) is 0 Å². The normalized spacial score (nSPS) is 12.2. The van der Waals surface area contributed by atoms with Crippen molar-refractivity contribution < 1.29 is 4.39 Å². The highest BCUT2D eigenvalue weighted by Crippen LogP contribution is 2.24. The van der Waals surface area contributed by atoms with Gasteiger partial charge in [-0.1, -0.05) is 31.2 Å². The third kappa shape index (κ3) is 3.57. The molecule has 0 amide bonds. The predicted molar refractivity (Wildman–Crippen MR) is 82.0 cm³/mol. The summed E-state index contributed by atoms with van der Waals surface area (Å²) in [4.78, 5) is 0. The van der Waals surface area contributed by atoms with E-state index in [9.17, 15) is 4.39 Å². The Hall–Kier alpha value is -1.35. The molecule has 0 fully saturated rings. The van der Waals surface area contributed by atoms with Gasteiger partial charge in [-0.05, 0) is 58.6 Å². The number of benzene rings is 2. The van der Waals surface area contributed by atoms with Crippen LogP contribution in [0.2, 0.25) is 0 Å². The fraction of sp³-hybridized carbons (Fsp3) is 0.250. The number of hydrogen-bond donors (Lipinski definition) is 1. The highest BCUT2D eigenvalue weighted by Gasteiger charge is 2.06. The van der Waals surface area contributed by atoms with Crippen molar-refractivity contribution in [2.75, 3.05) is 5.32 Å². The quantitative estimate of drug-likeness (QED) is 0.803. The molecule has 0 radical (unpaired) electrons. The molecule has 1 atom stereocenters. The highest BCUT2D eigenvalue weighted by molar-refractivity contribution is 9.10. The summed E-state index contributed by atoms with van der Waals surface area (Å²) in [7, 11) is 0. The lowest BCUT2D eigenvalue weighted by molar-refractivity contribution is 0.621. The van der Waals surface area contributed by atoms with Crippen LogP contribution in [0.4, 0.5) is 10.1 Å². The van der Waals surface area contributed by atoms with E-state index in [1.54, 1.807) is 12.1 Å². The Balaban J connectivity index is 2.10. The van der Waals surface area contributed by atoms with E-state index in [4.69, 9.17) is 0 Å². The Kier molecular flexibility index (Phi) is 4.59. The van der Waals surface area contributed by atoms with E-state index in [0.717, 1.165) is 12.1 Å². The zero-order valence-corrected chi connectivity index (χ0v) is 12.7. The topological polar surface area (TPSA) is 12.0 Å². The molecule has 0 aliphatic carbocycles. The van der Waals surface area contributed by atoms with Crippen LogP contribution in [-0.2, 0) is 6.42 Å². The third-order valence-electron chi connectivity index (χ3n) is 3.19. The molecule has 2 rings (SSSR count). The lowest BCUT2D eigenvalue weighted by atomic mass is 10.0. The fourth-order valence-electron chi connectivity index (χ4n) is 1.96. The molecular weight excluding hydrogens is 305 g/mol. The van der Waals surface area contributed by atoms with Crippen LogP contribution in [0.3, 0.4) is 0 Å². The van der Waals surface area contributed by atoms with Crippen molar-refractivity contribution in [2.24, 2.45) is 0 Å². The first-order chi connectivity index (χ1) is 9.10. The number of anilines is 1. The molecule has 3 heteroatoms. The lowest BCUT2D eigenvalue weighted by Gasteiger charge is -2.16. The SMILES string of the molecule is CCc1ccc(C(C)Nc2ccc(F)c(Br)c2)cc1. The summed E-state index contributed by atoms with van der Waals surface area (Å²) >= 11 is 3.20. The van der Waals surface area contributed by atoms with Crippen molar-refractivity contribution in [3.05, 3.63) is 63.9 Å². The molecule has 100 valence electrons. The van der Waals surface area contributed by atoms with E-state index < -0.39 is 0 Å². The van der Waals surface area contributed by atoms with E-state index in [1.807, 2.05) is 0 Å². The number of rotatable bonds is 4. The lowest BCUT2D eigenvalue weighted by Crippen LogP contribution is -2.06. The second-order valence-corrected chi connectivity index (χ2v) is 5.44. The average Bonchev–Trinajstić information content (AvgIpc) is 2.43. The molecule has 0 aromatic heterocycles. The smallest absolute Gasteiger partial charge is 0.137 e. The molecule has 0 spiro atoms. The third-order valence-corrected chi connectivity index (χ3v) is 3.80. The minimum absolute atomic E-state index is 0.184. The maximum absolute atomic E-state index is 13.2. The van der Waals surface area contributed by atoms with Gasteiger partial charge in [0.05, 0.1) is 4.47 Å². The second-order valence-electron chi connectivity index (χ2n) is 4.59. The van der Waals surface area contributed by atoms with E-state index in [2.05, 4.69) is 59.4 Å². The first-order valence-corrected chi connectivity index (χ1v) is 7.20. The Bertz CT molecular complexity index is 551. The van der Waals surface area contributed by atoms with Crippen molar-refractivity contribution >= 4 is 21.6 Å². The fourth-order valence-corrected chi connectivity index (χ4v) is 2.34. The number of halogens is 2. The van der Waals surface area contributed by atoms with Gasteiger partial charge in [0, 0.05) is 11.7 Å². The van der Waals surface area contributed by atoms with Crippen LogP contribution < -0.4 is 5.32 Å². The summed E-state index contributed by atoms with van der Waals surface area (Å²) in [6.07, 6.45) is 1.05. The van der Waals surface area contributed by atoms with Crippen molar-refractivity contribution in [3.63, 3.8) is 0 Å². The van der Waals surface area contributed by atoms with Crippen LogP contribution in [0.5, 0.6) is 0 Å². The molecule has 0 aliphatic heterocycles. The van der Waals surface area contributed by atoms with Gasteiger partial charge in [-0.15, -0.1) is 0 Å². The number of nitrogens with one attached hydrogen (secondary N) is 1. The van der Waals surface area contributed by atoms with Gasteiger partial charge in [0.15, 0.2) is 0 Å². The highest BCUT2D eigenvalue weighted by atomic mass is 79.9. The summed E-state index contributed by atoms with van der Waals surface area (Å²) < 4.78 is 13.6. The van der Waals surface area contributed by atoms with E-state index in [1.165, 1.54) is 17.2 Å². The summed E-state index contributed by atoms with van der Waals surface area (Å²) in [5, 5.41) is 3.37. The molecule has 1 unspecified atom stereocenters. The van der Waals surface area contributed by atoms with Crippen LogP contribution in [0.25, 0.3) is 0 Å². The van der Waals surface area contributed by atoms with Crippen molar-refractivity contribution in [1.29, 1.82) is 0 Å². The van der Waals surface area contributed by atoms with Gasteiger partial charge < -0.3 is 5.32 Å². The van der Waals surface area contributed by atoms with E-state index in [-0.39, 0.29) is 11.9 Å². The number of aryl methyl sites for hydroxylation is 1. The van der Waals surface area contributed by atoms with Crippen molar-refractivity contribution in [1.82, 2.24) is 0 Å². The second kappa shape index (κ2) is 6.20. The first-order valence-electron chi connectivity index (χ1n) is 6.40. The van der Waals surface area contributed by atoms with Crippen LogP contribution in [-0.4, -0.2) is 0 Å². The minimum Gasteiger partial charge on any atom is -0.378 e. The maximum Gasteiger partial charge on any atom is 0.137 e. The first kappa shape index (κ1) is 14.1. The summed E-state index contributed by atoms with van der Waals surface area (Å²) in [5.74, 6) is -0.245. The zero-order chi connectivity index (χ0) is 13.8. The van der Waals surface area contributed by atoms with E-state index in [0.29, 0.717) is 4.47 Å².